The lowest BCUT2D eigenvalue weighted by atomic mass is 9.97. The van der Waals surface area contributed by atoms with Gasteiger partial charge in [-0.1, -0.05) is 0 Å². The number of hydrogen-bond acceptors (Lipinski definition) is 5. The van der Waals surface area contributed by atoms with Crippen LogP contribution in [0.5, 0.6) is 0 Å². The molecule has 3 heterocycles. The number of nitrogens with zero attached hydrogens (tertiary/aromatic N) is 5. The summed E-state index contributed by atoms with van der Waals surface area (Å²) in [6, 6.07) is 0. The molecule has 2 aliphatic rings. The fourth-order valence-electron chi connectivity index (χ4n) is 3.35. The van der Waals surface area contributed by atoms with Crippen LogP contribution in [0.2, 0.25) is 0 Å². The number of aromatic nitrogens is 3. The standard InChI is InChI=1S/C15H25N5O3/c1-17-12-16-20(15(17)22)11-14(21)19-4-2-3-13(10-19)9-18-5-7-23-8-6-18/h12-13H,2-11H2,1H3/t13-/m1/s1. The van der Waals surface area contributed by atoms with E-state index in [1.165, 1.54) is 15.6 Å². The van der Waals surface area contributed by atoms with E-state index in [2.05, 4.69) is 10.00 Å². The molecule has 1 aromatic rings. The van der Waals surface area contributed by atoms with Crippen LogP contribution in [-0.2, 0) is 23.1 Å². The minimum Gasteiger partial charge on any atom is -0.379 e. The zero-order valence-electron chi connectivity index (χ0n) is 13.7. The first-order valence-electron chi connectivity index (χ1n) is 8.30. The molecule has 23 heavy (non-hydrogen) atoms. The Morgan fingerprint density at radius 1 is 1.35 bits per heavy atom. The van der Waals surface area contributed by atoms with Crippen LogP contribution in [0.15, 0.2) is 11.1 Å². The Morgan fingerprint density at radius 3 is 2.83 bits per heavy atom. The summed E-state index contributed by atoms with van der Waals surface area (Å²) >= 11 is 0. The van der Waals surface area contributed by atoms with Gasteiger partial charge in [0.05, 0.1) is 13.2 Å². The molecule has 2 aliphatic heterocycles. The van der Waals surface area contributed by atoms with E-state index in [0.717, 1.165) is 58.8 Å². The Balaban J connectivity index is 1.54. The maximum absolute atomic E-state index is 12.5. The summed E-state index contributed by atoms with van der Waals surface area (Å²) in [4.78, 5) is 28.5. The number of piperidine rings is 1. The minimum atomic E-state index is -0.250. The second kappa shape index (κ2) is 7.27. The Morgan fingerprint density at radius 2 is 2.13 bits per heavy atom. The van der Waals surface area contributed by atoms with Crippen molar-refractivity contribution in [1.82, 2.24) is 24.1 Å². The van der Waals surface area contributed by atoms with Gasteiger partial charge in [0.15, 0.2) is 0 Å². The zero-order chi connectivity index (χ0) is 16.2. The third-order valence-electron chi connectivity index (χ3n) is 4.66. The van der Waals surface area contributed by atoms with Crippen LogP contribution >= 0.6 is 0 Å². The summed E-state index contributed by atoms with van der Waals surface area (Å²) in [5.41, 5.74) is -0.250. The van der Waals surface area contributed by atoms with Crippen molar-refractivity contribution in [2.75, 3.05) is 45.9 Å². The Hall–Kier alpha value is -1.67. The third kappa shape index (κ3) is 4.00. The van der Waals surface area contributed by atoms with Crippen molar-refractivity contribution < 1.29 is 9.53 Å². The van der Waals surface area contributed by atoms with Crippen LogP contribution in [0.3, 0.4) is 0 Å². The van der Waals surface area contributed by atoms with E-state index in [1.54, 1.807) is 7.05 Å². The van der Waals surface area contributed by atoms with Crippen LogP contribution in [0.25, 0.3) is 0 Å². The molecule has 0 aromatic carbocycles. The minimum absolute atomic E-state index is 0.0162. The smallest absolute Gasteiger partial charge is 0.345 e. The SMILES string of the molecule is Cn1cnn(CC(=O)N2CCC[C@H](CN3CCOCC3)C2)c1=O. The second-order valence-corrected chi connectivity index (χ2v) is 6.44. The molecule has 0 N–H and O–H groups in total. The number of aryl methyl sites for hydroxylation is 1. The Labute approximate surface area is 135 Å². The second-order valence-electron chi connectivity index (χ2n) is 6.44. The number of amides is 1. The molecule has 128 valence electrons. The van der Waals surface area contributed by atoms with Gasteiger partial charge in [-0.2, -0.15) is 5.10 Å². The van der Waals surface area contributed by atoms with Gasteiger partial charge in [0.25, 0.3) is 0 Å². The van der Waals surface area contributed by atoms with E-state index >= 15 is 0 Å². The fraction of sp³-hybridized carbons (Fsp3) is 0.800. The Bertz CT molecular complexity index is 590. The van der Waals surface area contributed by atoms with Gasteiger partial charge >= 0.3 is 5.69 Å². The average molecular weight is 323 g/mol. The Kier molecular flexibility index (Phi) is 5.12. The van der Waals surface area contributed by atoms with E-state index in [4.69, 9.17) is 4.74 Å². The van der Waals surface area contributed by atoms with Crippen LogP contribution in [-0.4, -0.2) is 76.0 Å². The number of rotatable bonds is 4. The highest BCUT2D eigenvalue weighted by Crippen LogP contribution is 2.18. The van der Waals surface area contributed by atoms with Crippen molar-refractivity contribution in [3.05, 3.63) is 16.8 Å². The predicted molar refractivity (Wildman–Crippen MR) is 84.0 cm³/mol. The van der Waals surface area contributed by atoms with Crippen molar-refractivity contribution in [3.63, 3.8) is 0 Å². The first-order valence-corrected chi connectivity index (χ1v) is 8.30. The van der Waals surface area contributed by atoms with Gasteiger partial charge in [-0.25, -0.2) is 9.48 Å². The topological polar surface area (TPSA) is 72.6 Å². The molecular weight excluding hydrogens is 298 g/mol. The number of ether oxygens (including phenoxy) is 1. The van der Waals surface area contributed by atoms with Crippen molar-refractivity contribution >= 4 is 5.91 Å². The maximum atomic E-state index is 12.5. The molecule has 0 bridgehead atoms. The molecule has 0 spiro atoms. The van der Waals surface area contributed by atoms with Crippen LogP contribution < -0.4 is 5.69 Å². The van der Waals surface area contributed by atoms with Gasteiger partial charge in [0.2, 0.25) is 5.91 Å². The summed E-state index contributed by atoms with van der Waals surface area (Å²) in [6.07, 6.45) is 3.62. The molecule has 3 rings (SSSR count). The van der Waals surface area contributed by atoms with Gasteiger partial charge in [-0.15, -0.1) is 0 Å². The largest absolute Gasteiger partial charge is 0.379 e. The van der Waals surface area contributed by atoms with E-state index < -0.39 is 0 Å². The van der Waals surface area contributed by atoms with E-state index in [-0.39, 0.29) is 18.1 Å². The molecule has 1 aromatic heterocycles. The van der Waals surface area contributed by atoms with Crippen LogP contribution in [0, 0.1) is 5.92 Å². The van der Waals surface area contributed by atoms with Crippen molar-refractivity contribution in [2.24, 2.45) is 13.0 Å². The van der Waals surface area contributed by atoms with Gasteiger partial charge in [0.1, 0.15) is 12.9 Å². The average Bonchev–Trinajstić information content (AvgIpc) is 2.88. The highest BCUT2D eigenvalue weighted by Gasteiger charge is 2.26. The third-order valence-corrected chi connectivity index (χ3v) is 4.66. The molecule has 1 amide bonds. The number of carbonyl (C=O) groups is 1. The highest BCUT2D eigenvalue weighted by atomic mass is 16.5. The summed E-state index contributed by atoms with van der Waals surface area (Å²) in [5, 5.41) is 3.96. The molecule has 0 radical (unpaired) electrons. The number of carbonyl (C=O) groups excluding carboxylic acids is 1. The number of likely N-dealkylation sites (tertiary alicyclic amines) is 1. The van der Waals surface area contributed by atoms with Crippen LogP contribution in [0.4, 0.5) is 0 Å². The first-order chi connectivity index (χ1) is 11.1. The fourth-order valence-corrected chi connectivity index (χ4v) is 3.35. The molecule has 0 aliphatic carbocycles. The number of morpholine rings is 1. The molecule has 1 atom stereocenters. The molecular formula is C15H25N5O3. The van der Waals surface area contributed by atoms with E-state index in [0.29, 0.717) is 5.92 Å². The van der Waals surface area contributed by atoms with Crippen molar-refractivity contribution in [2.45, 2.75) is 19.4 Å². The van der Waals surface area contributed by atoms with Gasteiger partial charge in [-0.05, 0) is 18.8 Å². The summed E-state index contributed by atoms with van der Waals surface area (Å²) in [5.74, 6) is 0.490. The molecule has 8 nitrogen and oxygen atoms in total. The normalized spacial score (nSPS) is 23.2. The summed E-state index contributed by atoms with van der Waals surface area (Å²) in [7, 11) is 1.63. The lowest BCUT2D eigenvalue weighted by molar-refractivity contribution is -0.134. The molecule has 8 heteroatoms. The van der Waals surface area contributed by atoms with E-state index in [1.807, 2.05) is 4.90 Å². The molecule has 0 saturated carbocycles. The quantitative estimate of drug-likeness (QED) is 0.722. The maximum Gasteiger partial charge on any atom is 0.345 e. The first kappa shape index (κ1) is 16.2. The summed E-state index contributed by atoms with van der Waals surface area (Å²) in [6.45, 7) is 6.18. The lowest BCUT2D eigenvalue weighted by Gasteiger charge is -2.36. The molecule has 2 fully saturated rings. The summed E-state index contributed by atoms with van der Waals surface area (Å²) < 4.78 is 7.99. The number of hydrogen-bond donors (Lipinski definition) is 0. The zero-order valence-corrected chi connectivity index (χ0v) is 13.7. The molecule has 2 saturated heterocycles. The van der Waals surface area contributed by atoms with Crippen molar-refractivity contribution in [1.29, 1.82) is 0 Å². The predicted octanol–water partition coefficient (Wildman–Crippen LogP) is -0.847. The van der Waals surface area contributed by atoms with Gasteiger partial charge < -0.3 is 9.64 Å². The van der Waals surface area contributed by atoms with Gasteiger partial charge in [0, 0.05) is 39.8 Å². The molecule has 0 unspecified atom stereocenters. The van der Waals surface area contributed by atoms with Crippen molar-refractivity contribution in [3.8, 4) is 0 Å². The highest BCUT2D eigenvalue weighted by molar-refractivity contribution is 5.75. The van der Waals surface area contributed by atoms with Gasteiger partial charge in [-0.3, -0.25) is 14.3 Å². The van der Waals surface area contributed by atoms with Crippen LogP contribution in [0.1, 0.15) is 12.8 Å². The monoisotopic (exact) mass is 323 g/mol. The van der Waals surface area contributed by atoms with E-state index in [9.17, 15) is 9.59 Å². The lowest BCUT2D eigenvalue weighted by Crippen LogP contribution is -2.47.